The van der Waals surface area contributed by atoms with E-state index >= 15 is 0 Å². The van der Waals surface area contributed by atoms with Gasteiger partial charge in [0.2, 0.25) is 0 Å². The first-order valence-electron chi connectivity index (χ1n) is 25.0. The molecular weight excluding hydrogens is 737 g/mol. The summed E-state index contributed by atoms with van der Waals surface area (Å²) < 4.78 is 12.2. The number of esters is 2. The maximum absolute atomic E-state index is 12.7. The number of aliphatic hydroxyl groups excluding tert-OH is 2. The first kappa shape index (κ1) is 57.3. The fourth-order valence-electron chi connectivity index (χ4n) is 8.21. The monoisotopic (exact) mass is 836 g/mol. The van der Waals surface area contributed by atoms with Crippen LogP contribution in [-0.4, -0.2) is 102 Å². The van der Waals surface area contributed by atoms with Crippen LogP contribution in [0.5, 0.6) is 0 Å². The van der Waals surface area contributed by atoms with Crippen molar-refractivity contribution >= 4 is 11.9 Å². The number of carbonyl (C=O) groups excluding carboxylic acids is 2. The van der Waals surface area contributed by atoms with E-state index in [0.717, 1.165) is 44.9 Å². The second kappa shape index (κ2) is 40.3. The summed E-state index contributed by atoms with van der Waals surface area (Å²) in [6, 6.07) is 0. The van der Waals surface area contributed by atoms with Crippen molar-refractivity contribution in [2.75, 3.05) is 46.3 Å². The lowest BCUT2D eigenvalue weighted by Gasteiger charge is -2.39. The van der Waals surface area contributed by atoms with Gasteiger partial charge in [0.05, 0.1) is 19.7 Å². The zero-order valence-corrected chi connectivity index (χ0v) is 40.1. The molecule has 0 aromatic heterocycles. The van der Waals surface area contributed by atoms with Crippen LogP contribution in [-0.2, 0) is 19.1 Å². The predicted molar refractivity (Wildman–Crippen MR) is 251 cm³/mol. The third kappa shape index (κ3) is 40.1. The van der Waals surface area contributed by atoms with Gasteiger partial charge in [-0.1, -0.05) is 141 Å². The molecule has 2 N–H and O–H groups in total. The quantitative estimate of drug-likeness (QED) is 0.0273. The zero-order chi connectivity index (χ0) is 43.8. The van der Waals surface area contributed by atoms with Crippen LogP contribution in [0.15, 0.2) is 24.3 Å². The van der Waals surface area contributed by atoms with Gasteiger partial charge in [-0.25, -0.2) is 0 Å². The Balaban J connectivity index is 4.43. The van der Waals surface area contributed by atoms with Gasteiger partial charge in [-0.05, 0) is 91.9 Å². The molecule has 8 nitrogen and oxygen atoms in total. The summed E-state index contributed by atoms with van der Waals surface area (Å²) in [5, 5.41) is 20.7. The summed E-state index contributed by atoms with van der Waals surface area (Å²) in [5.74, 6) is -0.298. The normalized spacial score (nSPS) is 15.2. The van der Waals surface area contributed by atoms with E-state index in [4.69, 9.17) is 9.47 Å². The Morgan fingerprint density at radius 3 is 1.27 bits per heavy atom. The predicted octanol–water partition coefficient (Wildman–Crippen LogP) is 12.4. The topological polar surface area (TPSA) is 96.3 Å². The van der Waals surface area contributed by atoms with Crippen LogP contribution in [0, 0.1) is 0 Å². The summed E-state index contributed by atoms with van der Waals surface area (Å²) >= 11 is 0. The van der Waals surface area contributed by atoms with E-state index in [1.807, 2.05) is 13.8 Å². The van der Waals surface area contributed by atoms with E-state index in [0.29, 0.717) is 56.6 Å². The fourth-order valence-corrected chi connectivity index (χ4v) is 8.21. The smallest absolute Gasteiger partial charge is 0.306 e. The Bertz CT molecular complexity index is 1020. The summed E-state index contributed by atoms with van der Waals surface area (Å²) in [4.78, 5) is 27.5. The lowest BCUT2D eigenvalue weighted by atomic mass is 10.1. The molecule has 348 valence electrons. The van der Waals surface area contributed by atoms with E-state index < -0.39 is 12.2 Å². The van der Waals surface area contributed by atoms with Crippen LogP contribution in [0.1, 0.15) is 221 Å². The minimum Gasteiger partial charge on any atom is -0.461 e. The molecule has 8 heteroatoms. The van der Waals surface area contributed by atoms with E-state index in [1.165, 1.54) is 122 Å². The first-order chi connectivity index (χ1) is 28.4. The third-order valence-electron chi connectivity index (χ3n) is 11.3. The molecule has 0 aliphatic carbocycles. The molecule has 0 aromatic rings. The van der Waals surface area contributed by atoms with Gasteiger partial charge in [0.1, 0.15) is 31.4 Å². The SMILES string of the molecule is CCCCCCCC=CCCCCCCCCC(=O)OC(C)C[N+](C)(CCN(CC(C)O)CC(C)OC(=O)CCCCCCC/C=C/CCCCCCCC)CC(C)O. The first-order valence-corrected chi connectivity index (χ1v) is 25.0. The van der Waals surface area contributed by atoms with Crippen molar-refractivity contribution in [2.24, 2.45) is 0 Å². The summed E-state index contributed by atoms with van der Waals surface area (Å²) in [6.07, 6.45) is 40.5. The van der Waals surface area contributed by atoms with Gasteiger partial charge < -0.3 is 24.2 Å². The van der Waals surface area contributed by atoms with Crippen LogP contribution < -0.4 is 0 Å². The van der Waals surface area contributed by atoms with Crippen molar-refractivity contribution in [1.29, 1.82) is 0 Å². The molecule has 0 rings (SSSR count). The van der Waals surface area contributed by atoms with Crippen LogP contribution in [0.2, 0.25) is 0 Å². The van der Waals surface area contributed by atoms with Crippen LogP contribution >= 0.6 is 0 Å². The number of hydrogen-bond donors (Lipinski definition) is 2. The highest BCUT2D eigenvalue weighted by molar-refractivity contribution is 5.69. The largest absolute Gasteiger partial charge is 0.461 e. The lowest BCUT2D eigenvalue weighted by Crippen LogP contribution is -2.56. The highest BCUT2D eigenvalue weighted by Crippen LogP contribution is 2.15. The summed E-state index contributed by atoms with van der Waals surface area (Å²) in [6.45, 7) is 15.4. The second-order valence-electron chi connectivity index (χ2n) is 18.4. The van der Waals surface area contributed by atoms with Gasteiger partial charge in [-0.3, -0.25) is 14.5 Å². The number of hydrogen-bond acceptors (Lipinski definition) is 7. The highest BCUT2D eigenvalue weighted by Gasteiger charge is 2.29. The maximum Gasteiger partial charge on any atom is 0.306 e. The molecule has 5 atom stereocenters. The van der Waals surface area contributed by atoms with E-state index in [2.05, 4.69) is 50.1 Å². The fraction of sp³-hybridized carbons (Fsp3) is 0.882. The average Bonchev–Trinajstić information content (AvgIpc) is 3.16. The molecule has 0 fully saturated rings. The molecule has 0 heterocycles. The van der Waals surface area contributed by atoms with Gasteiger partial charge in [0, 0.05) is 32.5 Å². The minimum atomic E-state index is -0.527. The van der Waals surface area contributed by atoms with Crippen molar-refractivity contribution in [2.45, 2.75) is 246 Å². The van der Waals surface area contributed by atoms with Crippen molar-refractivity contribution in [1.82, 2.24) is 4.90 Å². The highest BCUT2D eigenvalue weighted by atomic mass is 16.5. The lowest BCUT2D eigenvalue weighted by molar-refractivity contribution is -0.914. The molecule has 0 bridgehead atoms. The molecular formula is C51H99N2O6+. The Hall–Kier alpha value is -1.74. The Morgan fingerprint density at radius 2 is 0.881 bits per heavy atom. The van der Waals surface area contributed by atoms with Crippen molar-refractivity contribution in [3.05, 3.63) is 24.3 Å². The van der Waals surface area contributed by atoms with E-state index in [-0.39, 0.29) is 24.1 Å². The summed E-state index contributed by atoms with van der Waals surface area (Å²) in [5.41, 5.74) is 0. The molecule has 0 spiro atoms. The number of unbranched alkanes of at least 4 members (excludes halogenated alkanes) is 22. The van der Waals surface area contributed by atoms with Crippen LogP contribution in [0.25, 0.3) is 0 Å². The molecule has 0 saturated carbocycles. The standard InChI is InChI=1S/C51H99N2O6/c1-8-10-12-14-16-18-20-22-24-26-28-30-32-34-36-38-50(56)58-48(5)43-52(42-46(3)54)40-41-53(7,44-47(4)55)45-49(6)59-51(57)39-37-35-33-31-29-27-25-23-21-19-17-15-13-11-9-2/h21-24,46-49,54-55H,8-20,25-45H2,1-7H3/q+1/b23-21?,24-22+. The van der Waals surface area contributed by atoms with Crippen molar-refractivity contribution < 1.29 is 33.8 Å². The van der Waals surface area contributed by atoms with Gasteiger partial charge >= 0.3 is 11.9 Å². The Labute approximate surface area is 365 Å². The molecule has 0 aromatic carbocycles. The van der Waals surface area contributed by atoms with Gasteiger partial charge in [0.15, 0.2) is 0 Å². The third-order valence-corrected chi connectivity index (χ3v) is 11.3. The van der Waals surface area contributed by atoms with E-state index in [9.17, 15) is 19.8 Å². The Morgan fingerprint density at radius 1 is 0.508 bits per heavy atom. The number of quaternary nitrogens is 1. The molecule has 0 aliphatic rings. The zero-order valence-electron chi connectivity index (χ0n) is 40.1. The number of nitrogens with zero attached hydrogens (tertiary/aromatic N) is 2. The second-order valence-corrected chi connectivity index (χ2v) is 18.4. The van der Waals surface area contributed by atoms with E-state index in [1.54, 1.807) is 13.8 Å². The van der Waals surface area contributed by atoms with Gasteiger partial charge in [-0.15, -0.1) is 0 Å². The van der Waals surface area contributed by atoms with Crippen molar-refractivity contribution in [3.8, 4) is 0 Å². The molecule has 0 radical (unpaired) electrons. The van der Waals surface area contributed by atoms with Gasteiger partial charge in [0.25, 0.3) is 0 Å². The number of likely N-dealkylation sites (N-methyl/N-ethyl adjacent to an activating group) is 1. The summed E-state index contributed by atoms with van der Waals surface area (Å²) in [7, 11) is 2.10. The number of ether oxygens (including phenoxy) is 2. The molecule has 0 aliphatic heterocycles. The Kier molecular flexibility index (Phi) is 39.1. The van der Waals surface area contributed by atoms with Crippen molar-refractivity contribution in [3.63, 3.8) is 0 Å². The maximum atomic E-state index is 12.7. The number of allylic oxidation sites excluding steroid dienone is 4. The number of carbonyl (C=O) groups is 2. The average molecular weight is 836 g/mol. The number of rotatable bonds is 43. The number of aliphatic hydroxyl groups is 2. The van der Waals surface area contributed by atoms with Crippen LogP contribution in [0.4, 0.5) is 0 Å². The van der Waals surface area contributed by atoms with Gasteiger partial charge in [-0.2, -0.15) is 0 Å². The van der Waals surface area contributed by atoms with Crippen LogP contribution in [0.3, 0.4) is 0 Å². The molecule has 0 saturated heterocycles. The minimum absolute atomic E-state index is 0.144. The molecule has 5 unspecified atom stereocenters. The molecule has 59 heavy (non-hydrogen) atoms. The molecule has 0 amide bonds.